The number of hydrogen-bond acceptors (Lipinski definition) is 3. The molecule has 0 aliphatic rings. The van der Waals surface area contributed by atoms with Crippen LogP contribution in [0.1, 0.15) is 5.69 Å². The lowest BCUT2D eigenvalue weighted by atomic mass is 10.3. The van der Waals surface area contributed by atoms with Crippen molar-refractivity contribution in [3.8, 4) is 0 Å². The van der Waals surface area contributed by atoms with E-state index in [0.29, 0.717) is 13.0 Å². The molecule has 0 unspecified atom stereocenters. The lowest BCUT2D eigenvalue weighted by Crippen LogP contribution is -2.32. The molecule has 0 aliphatic heterocycles. The van der Waals surface area contributed by atoms with Gasteiger partial charge < -0.3 is 14.6 Å². The lowest BCUT2D eigenvalue weighted by molar-refractivity contribution is -0.120. The standard InChI is InChI=1S/C13H18N4O/c1-16(2)8-6-14-13(18)9-11-10-17-7-4-3-5-12(17)15-11/h3-5,7,10H,6,8-9H2,1-2H3,(H,14,18). The maximum atomic E-state index is 11.7. The number of likely N-dealkylation sites (N-methyl/N-ethyl adjacent to an activating group) is 1. The highest BCUT2D eigenvalue weighted by Gasteiger charge is 2.06. The monoisotopic (exact) mass is 246 g/mol. The minimum absolute atomic E-state index is 0.0141. The number of nitrogens with one attached hydrogen (secondary N) is 1. The van der Waals surface area contributed by atoms with Gasteiger partial charge in [-0.3, -0.25) is 4.79 Å². The highest BCUT2D eigenvalue weighted by atomic mass is 16.1. The Balaban J connectivity index is 1.90. The fraction of sp³-hybridized carbons (Fsp3) is 0.385. The third kappa shape index (κ3) is 3.30. The molecule has 5 heteroatoms. The maximum Gasteiger partial charge on any atom is 0.226 e. The smallest absolute Gasteiger partial charge is 0.226 e. The van der Waals surface area contributed by atoms with E-state index < -0.39 is 0 Å². The first-order valence-corrected chi connectivity index (χ1v) is 5.99. The topological polar surface area (TPSA) is 49.6 Å². The van der Waals surface area contributed by atoms with E-state index in [1.807, 2.05) is 54.0 Å². The molecule has 2 rings (SSSR count). The fourth-order valence-corrected chi connectivity index (χ4v) is 1.72. The fourth-order valence-electron chi connectivity index (χ4n) is 1.72. The quantitative estimate of drug-likeness (QED) is 0.838. The first kappa shape index (κ1) is 12.6. The Labute approximate surface area is 106 Å². The van der Waals surface area contributed by atoms with E-state index in [9.17, 15) is 4.79 Å². The van der Waals surface area contributed by atoms with Crippen molar-refractivity contribution in [2.24, 2.45) is 0 Å². The summed E-state index contributed by atoms with van der Waals surface area (Å²) in [4.78, 5) is 18.1. The van der Waals surface area contributed by atoms with Gasteiger partial charge in [0.25, 0.3) is 0 Å². The van der Waals surface area contributed by atoms with Crippen LogP contribution in [-0.2, 0) is 11.2 Å². The van der Waals surface area contributed by atoms with Crippen molar-refractivity contribution in [1.29, 1.82) is 0 Å². The molecular weight excluding hydrogens is 228 g/mol. The summed E-state index contributed by atoms with van der Waals surface area (Å²) < 4.78 is 1.92. The number of nitrogens with zero attached hydrogens (tertiary/aromatic N) is 3. The summed E-state index contributed by atoms with van der Waals surface area (Å²) >= 11 is 0. The summed E-state index contributed by atoms with van der Waals surface area (Å²) in [5, 5.41) is 2.88. The minimum Gasteiger partial charge on any atom is -0.354 e. The molecule has 0 saturated heterocycles. The Hall–Kier alpha value is -1.88. The molecule has 18 heavy (non-hydrogen) atoms. The molecule has 2 heterocycles. The van der Waals surface area contributed by atoms with Crippen LogP contribution < -0.4 is 5.32 Å². The summed E-state index contributed by atoms with van der Waals surface area (Å²) in [7, 11) is 3.96. The van der Waals surface area contributed by atoms with Gasteiger partial charge in [0.1, 0.15) is 5.65 Å². The molecule has 1 N–H and O–H groups in total. The van der Waals surface area contributed by atoms with Gasteiger partial charge in [-0.15, -0.1) is 0 Å². The molecular formula is C13H18N4O. The number of amides is 1. The van der Waals surface area contributed by atoms with Crippen molar-refractivity contribution in [3.63, 3.8) is 0 Å². The number of rotatable bonds is 5. The first-order valence-electron chi connectivity index (χ1n) is 5.99. The van der Waals surface area contributed by atoms with Gasteiger partial charge in [-0.1, -0.05) is 6.07 Å². The minimum atomic E-state index is 0.0141. The van der Waals surface area contributed by atoms with Gasteiger partial charge in [0.05, 0.1) is 12.1 Å². The van der Waals surface area contributed by atoms with Crippen LogP contribution in [-0.4, -0.2) is 47.4 Å². The zero-order chi connectivity index (χ0) is 13.0. The molecule has 1 amide bonds. The van der Waals surface area contributed by atoms with Crippen molar-refractivity contribution in [1.82, 2.24) is 19.6 Å². The second-order valence-electron chi connectivity index (χ2n) is 4.53. The van der Waals surface area contributed by atoms with Crippen LogP contribution in [0.2, 0.25) is 0 Å². The molecule has 5 nitrogen and oxygen atoms in total. The van der Waals surface area contributed by atoms with E-state index in [1.165, 1.54) is 0 Å². The molecule has 96 valence electrons. The molecule has 0 saturated carbocycles. The Morgan fingerprint density at radius 3 is 3.00 bits per heavy atom. The maximum absolute atomic E-state index is 11.7. The number of imidazole rings is 1. The van der Waals surface area contributed by atoms with E-state index in [4.69, 9.17) is 0 Å². The largest absolute Gasteiger partial charge is 0.354 e. The van der Waals surface area contributed by atoms with Crippen LogP contribution in [0.5, 0.6) is 0 Å². The molecule has 0 atom stereocenters. The van der Waals surface area contributed by atoms with Crippen molar-refractivity contribution in [2.75, 3.05) is 27.2 Å². The number of carbonyl (C=O) groups is 1. The molecule has 2 aromatic rings. The molecule has 0 fully saturated rings. The Morgan fingerprint density at radius 1 is 1.44 bits per heavy atom. The van der Waals surface area contributed by atoms with Crippen molar-refractivity contribution < 1.29 is 4.79 Å². The van der Waals surface area contributed by atoms with Gasteiger partial charge in [-0.2, -0.15) is 0 Å². The van der Waals surface area contributed by atoms with E-state index in [0.717, 1.165) is 17.9 Å². The van der Waals surface area contributed by atoms with Gasteiger partial charge in [0.15, 0.2) is 0 Å². The summed E-state index contributed by atoms with van der Waals surface area (Å²) in [6.07, 6.45) is 4.14. The van der Waals surface area contributed by atoms with E-state index >= 15 is 0 Å². The first-order chi connectivity index (χ1) is 8.65. The van der Waals surface area contributed by atoms with Gasteiger partial charge in [-0.05, 0) is 26.2 Å². The number of pyridine rings is 1. The van der Waals surface area contributed by atoms with Crippen LogP contribution in [0.4, 0.5) is 0 Å². The van der Waals surface area contributed by atoms with Gasteiger partial charge in [-0.25, -0.2) is 4.98 Å². The van der Waals surface area contributed by atoms with Crippen LogP contribution in [0.3, 0.4) is 0 Å². The van der Waals surface area contributed by atoms with E-state index in [1.54, 1.807) is 0 Å². The second-order valence-corrected chi connectivity index (χ2v) is 4.53. The van der Waals surface area contributed by atoms with Crippen molar-refractivity contribution in [2.45, 2.75) is 6.42 Å². The van der Waals surface area contributed by atoms with Crippen molar-refractivity contribution in [3.05, 3.63) is 36.3 Å². The Morgan fingerprint density at radius 2 is 2.28 bits per heavy atom. The molecule has 0 aliphatic carbocycles. The average Bonchev–Trinajstić information content (AvgIpc) is 2.70. The second kappa shape index (κ2) is 5.64. The summed E-state index contributed by atoms with van der Waals surface area (Å²) in [5.74, 6) is 0.0141. The number of aromatic nitrogens is 2. The summed E-state index contributed by atoms with van der Waals surface area (Å²) in [5.41, 5.74) is 1.66. The third-order valence-electron chi connectivity index (χ3n) is 2.64. The SMILES string of the molecule is CN(C)CCNC(=O)Cc1cn2ccccc2n1. The van der Waals surface area contributed by atoms with E-state index in [-0.39, 0.29) is 5.91 Å². The van der Waals surface area contributed by atoms with Crippen LogP contribution >= 0.6 is 0 Å². The van der Waals surface area contributed by atoms with Crippen LogP contribution in [0.15, 0.2) is 30.6 Å². The highest BCUT2D eigenvalue weighted by Crippen LogP contribution is 2.04. The van der Waals surface area contributed by atoms with Gasteiger partial charge in [0, 0.05) is 25.5 Å². The normalized spacial score (nSPS) is 11.1. The van der Waals surface area contributed by atoms with Crippen LogP contribution in [0, 0.1) is 0 Å². The highest BCUT2D eigenvalue weighted by molar-refractivity contribution is 5.78. The summed E-state index contributed by atoms with van der Waals surface area (Å²) in [6.45, 7) is 1.51. The van der Waals surface area contributed by atoms with Crippen LogP contribution in [0.25, 0.3) is 5.65 Å². The lowest BCUT2D eigenvalue weighted by Gasteiger charge is -2.09. The zero-order valence-corrected chi connectivity index (χ0v) is 10.8. The number of carbonyl (C=O) groups excluding carboxylic acids is 1. The predicted octanol–water partition coefficient (Wildman–Crippen LogP) is 0.555. The average molecular weight is 246 g/mol. The molecule has 0 spiro atoms. The number of hydrogen-bond donors (Lipinski definition) is 1. The van der Waals surface area contributed by atoms with E-state index in [2.05, 4.69) is 10.3 Å². The number of fused-ring (bicyclic) bond motifs is 1. The third-order valence-corrected chi connectivity index (χ3v) is 2.64. The Kier molecular flexibility index (Phi) is 3.94. The predicted molar refractivity (Wildman–Crippen MR) is 70.5 cm³/mol. The van der Waals surface area contributed by atoms with Crippen molar-refractivity contribution >= 4 is 11.6 Å². The molecule has 2 aromatic heterocycles. The summed E-state index contributed by atoms with van der Waals surface area (Å²) in [6, 6.07) is 5.80. The molecule has 0 aromatic carbocycles. The van der Waals surface area contributed by atoms with Gasteiger partial charge in [0.2, 0.25) is 5.91 Å². The zero-order valence-electron chi connectivity index (χ0n) is 10.8. The molecule has 0 radical (unpaired) electrons. The molecule has 0 bridgehead atoms. The van der Waals surface area contributed by atoms with Gasteiger partial charge >= 0.3 is 0 Å². The Bertz CT molecular complexity index is 500.